The van der Waals surface area contributed by atoms with Crippen LogP contribution in [0.1, 0.15) is 43.0 Å². The highest BCUT2D eigenvalue weighted by Crippen LogP contribution is 2.41. The van der Waals surface area contributed by atoms with Gasteiger partial charge in [0.25, 0.3) is 11.7 Å². The van der Waals surface area contributed by atoms with Crippen molar-refractivity contribution >= 4 is 40.7 Å². The molecule has 1 N–H and O–H groups in total. The normalized spacial score (nSPS) is 18.3. The van der Waals surface area contributed by atoms with E-state index in [1.54, 1.807) is 12.1 Å². The van der Waals surface area contributed by atoms with E-state index in [4.69, 9.17) is 27.9 Å². The molecule has 0 spiro atoms. The zero-order valence-electron chi connectivity index (χ0n) is 17.7. The van der Waals surface area contributed by atoms with Crippen molar-refractivity contribution in [3.05, 3.63) is 74.8 Å². The smallest absolute Gasteiger partial charge is 0.295 e. The Bertz CT molecular complexity index is 1030. The average molecular weight is 462 g/mol. The molecule has 0 bridgehead atoms. The summed E-state index contributed by atoms with van der Waals surface area (Å²) in [4.78, 5) is 27.5. The number of ether oxygens (including phenoxy) is 1. The Labute approximate surface area is 192 Å². The maximum absolute atomic E-state index is 13.0. The van der Waals surface area contributed by atoms with Crippen molar-refractivity contribution in [3.8, 4) is 0 Å². The molecular weight excluding hydrogens is 437 g/mol. The summed E-state index contributed by atoms with van der Waals surface area (Å²) in [6, 6.07) is 11.4. The number of ketones is 1. The van der Waals surface area contributed by atoms with Crippen LogP contribution in [-0.4, -0.2) is 41.0 Å². The van der Waals surface area contributed by atoms with E-state index in [0.717, 1.165) is 11.1 Å². The van der Waals surface area contributed by atoms with Gasteiger partial charge in [0.1, 0.15) is 5.76 Å². The number of likely N-dealkylation sites (tertiary alicyclic amines) is 1. The van der Waals surface area contributed by atoms with Crippen LogP contribution >= 0.6 is 23.2 Å². The van der Waals surface area contributed by atoms with Gasteiger partial charge in [-0.05, 0) is 56.5 Å². The first kappa shape index (κ1) is 23.3. The lowest BCUT2D eigenvalue weighted by Gasteiger charge is -2.26. The van der Waals surface area contributed by atoms with Crippen molar-refractivity contribution in [2.45, 2.75) is 39.3 Å². The molecule has 0 aliphatic carbocycles. The van der Waals surface area contributed by atoms with Crippen LogP contribution in [0.5, 0.6) is 0 Å². The lowest BCUT2D eigenvalue weighted by Crippen LogP contribution is -2.31. The van der Waals surface area contributed by atoms with E-state index in [1.165, 1.54) is 11.0 Å². The van der Waals surface area contributed by atoms with Crippen molar-refractivity contribution in [3.63, 3.8) is 0 Å². The van der Waals surface area contributed by atoms with Gasteiger partial charge in [-0.1, -0.05) is 47.5 Å². The SMILES string of the molecule is Cc1ccccc1C1/C(=C(\O)c2ccc(Cl)c(Cl)c2)C(=O)C(=O)N1CCCOC(C)C. The highest BCUT2D eigenvalue weighted by molar-refractivity contribution is 6.47. The third kappa shape index (κ3) is 4.95. The monoisotopic (exact) mass is 461 g/mol. The molecule has 1 aliphatic rings. The molecule has 7 heteroatoms. The highest BCUT2D eigenvalue weighted by Gasteiger charge is 2.46. The molecule has 0 saturated carbocycles. The topological polar surface area (TPSA) is 66.8 Å². The summed E-state index contributed by atoms with van der Waals surface area (Å²) in [5.41, 5.74) is 2.07. The van der Waals surface area contributed by atoms with E-state index in [-0.39, 0.29) is 22.5 Å². The third-order valence-corrected chi connectivity index (χ3v) is 5.95. The van der Waals surface area contributed by atoms with Crippen LogP contribution in [0, 0.1) is 6.92 Å². The molecule has 0 radical (unpaired) electrons. The number of aryl methyl sites for hydroxylation is 1. The van der Waals surface area contributed by atoms with Gasteiger partial charge in [0.2, 0.25) is 0 Å². The lowest BCUT2D eigenvalue weighted by atomic mass is 9.92. The fourth-order valence-corrected chi connectivity index (χ4v) is 3.98. The number of carbonyl (C=O) groups excluding carboxylic acids is 2. The molecule has 1 saturated heterocycles. The summed E-state index contributed by atoms with van der Waals surface area (Å²) in [6.45, 7) is 6.59. The van der Waals surface area contributed by atoms with E-state index in [9.17, 15) is 14.7 Å². The Balaban J connectivity index is 2.07. The van der Waals surface area contributed by atoms with Crippen molar-refractivity contribution in [1.29, 1.82) is 0 Å². The minimum absolute atomic E-state index is 0.0440. The van der Waals surface area contributed by atoms with Crippen LogP contribution in [-0.2, 0) is 14.3 Å². The van der Waals surface area contributed by atoms with Gasteiger partial charge in [0.15, 0.2) is 0 Å². The predicted octanol–water partition coefficient (Wildman–Crippen LogP) is 5.54. The van der Waals surface area contributed by atoms with Crippen LogP contribution in [0.25, 0.3) is 5.76 Å². The van der Waals surface area contributed by atoms with Crippen LogP contribution < -0.4 is 0 Å². The standard InChI is InChI=1S/C24H25Cl2NO4/c1-14(2)31-12-6-11-27-21(17-8-5-4-7-15(17)3)20(23(29)24(27)30)22(28)16-9-10-18(25)19(26)13-16/h4-5,7-10,13-14,21,28H,6,11-12H2,1-3H3/b22-20+. The second-order valence-corrected chi connectivity index (χ2v) is 8.57. The number of halogens is 2. The Morgan fingerprint density at radius 1 is 1.13 bits per heavy atom. The summed E-state index contributed by atoms with van der Waals surface area (Å²) < 4.78 is 5.58. The summed E-state index contributed by atoms with van der Waals surface area (Å²) in [6.07, 6.45) is 0.651. The van der Waals surface area contributed by atoms with E-state index < -0.39 is 17.7 Å². The Kier molecular flexibility index (Phi) is 7.42. The van der Waals surface area contributed by atoms with E-state index in [0.29, 0.717) is 30.2 Å². The second kappa shape index (κ2) is 9.86. The molecule has 1 aliphatic heterocycles. The van der Waals surface area contributed by atoms with E-state index in [2.05, 4.69) is 0 Å². The second-order valence-electron chi connectivity index (χ2n) is 7.75. The lowest BCUT2D eigenvalue weighted by molar-refractivity contribution is -0.140. The number of rotatable bonds is 7. The summed E-state index contributed by atoms with van der Waals surface area (Å²) in [5, 5.41) is 11.6. The highest BCUT2D eigenvalue weighted by atomic mass is 35.5. The number of carbonyl (C=O) groups is 2. The fourth-order valence-electron chi connectivity index (χ4n) is 3.68. The molecule has 1 amide bonds. The first-order valence-electron chi connectivity index (χ1n) is 10.1. The van der Waals surface area contributed by atoms with Crippen LogP contribution in [0.4, 0.5) is 0 Å². The molecule has 1 unspecified atom stereocenters. The average Bonchev–Trinajstić information content (AvgIpc) is 2.97. The zero-order chi connectivity index (χ0) is 22.7. The number of hydrogen-bond acceptors (Lipinski definition) is 4. The van der Waals surface area contributed by atoms with Gasteiger partial charge < -0.3 is 14.7 Å². The molecule has 1 heterocycles. The number of nitrogens with zero attached hydrogens (tertiary/aromatic N) is 1. The van der Waals surface area contributed by atoms with Gasteiger partial charge in [0, 0.05) is 18.7 Å². The molecular formula is C24H25Cl2NO4. The number of aliphatic hydroxyl groups is 1. The first-order chi connectivity index (χ1) is 14.7. The van der Waals surface area contributed by atoms with Gasteiger partial charge in [-0.3, -0.25) is 9.59 Å². The maximum atomic E-state index is 13.0. The van der Waals surface area contributed by atoms with Crippen LogP contribution in [0.15, 0.2) is 48.0 Å². The Morgan fingerprint density at radius 2 is 1.84 bits per heavy atom. The van der Waals surface area contributed by atoms with Gasteiger partial charge in [-0.15, -0.1) is 0 Å². The summed E-state index contributed by atoms with van der Waals surface area (Å²) >= 11 is 12.1. The van der Waals surface area contributed by atoms with Crippen molar-refractivity contribution in [2.24, 2.45) is 0 Å². The fraction of sp³-hybridized carbons (Fsp3) is 0.333. The third-order valence-electron chi connectivity index (χ3n) is 5.21. The Hall–Kier alpha value is -2.34. The molecule has 1 fully saturated rings. The maximum Gasteiger partial charge on any atom is 0.295 e. The summed E-state index contributed by atoms with van der Waals surface area (Å²) in [7, 11) is 0. The molecule has 1 atom stereocenters. The van der Waals surface area contributed by atoms with Crippen molar-refractivity contribution in [1.82, 2.24) is 4.90 Å². The predicted molar refractivity (Wildman–Crippen MR) is 122 cm³/mol. The molecule has 2 aromatic carbocycles. The van der Waals surface area contributed by atoms with Crippen LogP contribution in [0.3, 0.4) is 0 Å². The minimum atomic E-state index is -0.721. The molecule has 3 rings (SSSR count). The number of Topliss-reactive ketones (excluding diaryl/α,β-unsaturated/α-hetero) is 1. The molecule has 5 nitrogen and oxygen atoms in total. The molecule has 2 aromatic rings. The van der Waals surface area contributed by atoms with E-state index in [1.807, 2.05) is 45.0 Å². The van der Waals surface area contributed by atoms with Crippen molar-refractivity contribution in [2.75, 3.05) is 13.2 Å². The quantitative estimate of drug-likeness (QED) is 0.254. The number of benzene rings is 2. The molecule has 0 aromatic heterocycles. The number of aliphatic hydroxyl groups excluding tert-OH is 1. The van der Waals surface area contributed by atoms with Crippen molar-refractivity contribution < 1.29 is 19.4 Å². The van der Waals surface area contributed by atoms with E-state index >= 15 is 0 Å². The Morgan fingerprint density at radius 3 is 2.48 bits per heavy atom. The largest absolute Gasteiger partial charge is 0.507 e. The first-order valence-corrected chi connectivity index (χ1v) is 10.9. The van der Waals surface area contributed by atoms with Crippen LogP contribution in [0.2, 0.25) is 10.0 Å². The molecule has 31 heavy (non-hydrogen) atoms. The number of hydrogen-bond donors (Lipinski definition) is 1. The van der Waals surface area contributed by atoms with Gasteiger partial charge in [-0.2, -0.15) is 0 Å². The molecule has 164 valence electrons. The van der Waals surface area contributed by atoms with Gasteiger partial charge in [0.05, 0.1) is 27.8 Å². The minimum Gasteiger partial charge on any atom is -0.507 e. The van der Waals surface area contributed by atoms with Gasteiger partial charge in [-0.25, -0.2) is 0 Å². The number of amides is 1. The zero-order valence-corrected chi connectivity index (χ0v) is 19.2. The van der Waals surface area contributed by atoms with Gasteiger partial charge >= 0.3 is 0 Å². The summed E-state index contributed by atoms with van der Waals surface area (Å²) in [5.74, 6) is -1.63.